The third kappa shape index (κ3) is 4.96. The minimum absolute atomic E-state index is 0.171. The lowest BCUT2D eigenvalue weighted by molar-refractivity contribution is 0.252. The lowest BCUT2D eigenvalue weighted by Crippen LogP contribution is -2.30. The van der Waals surface area contributed by atoms with Crippen LogP contribution in [0, 0.1) is 6.92 Å². The molecule has 0 radical (unpaired) electrons. The summed E-state index contributed by atoms with van der Waals surface area (Å²) in [5, 5.41) is 5.86. The maximum Gasteiger partial charge on any atom is 0.319 e. The van der Waals surface area contributed by atoms with E-state index < -0.39 is 0 Å². The topological polar surface area (TPSA) is 41.1 Å². The molecule has 0 aliphatic heterocycles. The van der Waals surface area contributed by atoms with E-state index in [0.29, 0.717) is 6.54 Å². The number of anilines is 1. The Hall–Kier alpha value is -3.07. The lowest BCUT2D eigenvalue weighted by Gasteiger charge is -2.18. The van der Waals surface area contributed by atoms with Crippen LogP contribution in [-0.2, 0) is 0 Å². The van der Waals surface area contributed by atoms with E-state index in [0.717, 1.165) is 17.7 Å². The number of hydrogen-bond acceptors (Lipinski definition) is 1. The van der Waals surface area contributed by atoms with Gasteiger partial charge in [0.1, 0.15) is 0 Å². The van der Waals surface area contributed by atoms with Crippen molar-refractivity contribution in [3.63, 3.8) is 0 Å². The number of carbonyl (C=O) groups is 1. The number of aryl methyl sites for hydroxylation is 1. The molecule has 0 atom stereocenters. The first-order chi connectivity index (χ1) is 12.7. The van der Waals surface area contributed by atoms with Crippen LogP contribution in [0.4, 0.5) is 10.5 Å². The number of urea groups is 1. The van der Waals surface area contributed by atoms with E-state index in [9.17, 15) is 4.79 Å². The Labute approximate surface area is 155 Å². The minimum atomic E-state index is -0.171. The van der Waals surface area contributed by atoms with Crippen LogP contribution in [0.1, 0.15) is 29.0 Å². The van der Waals surface area contributed by atoms with E-state index in [1.165, 1.54) is 11.1 Å². The highest BCUT2D eigenvalue weighted by Crippen LogP contribution is 2.27. The molecule has 26 heavy (non-hydrogen) atoms. The van der Waals surface area contributed by atoms with Crippen molar-refractivity contribution in [2.45, 2.75) is 19.3 Å². The molecule has 3 rings (SSSR count). The van der Waals surface area contributed by atoms with Crippen LogP contribution in [0.5, 0.6) is 0 Å². The normalized spacial score (nSPS) is 10.5. The van der Waals surface area contributed by atoms with E-state index in [1.807, 2.05) is 43.3 Å². The monoisotopic (exact) mass is 344 g/mol. The lowest BCUT2D eigenvalue weighted by atomic mass is 9.88. The molecule has 2 N–H and O–H groups in total. The predicted octanol–water partition coefficient (Wildman–Crippen LogP) is 5.34. The summed E-state index contributed by atoms with van der Waals surface area (Å²) in [4.78, 5) is 12.2. The van der Waals surface area contributed by atoms with E-state index in [1.54, 1.807) is 0 Å². The molecule has 3 aromatic rings. The molecule has 0 fully saturated rings. The molecule has 3 aromatic carbocycles. The summed E-state index contributed by atoms with van der Waals surface area (Å²) in [5.41, 5.74) is 4.46. The third-order valence-electron chi connectivity index (χ3n) is 4.40. The van der Waals surface area contributed by atoms with E-state index in [-0.39, 0.29) is 11.9 Å². The van der Waals surface area contributed by atoms with Gasteiger partial charge in [0.05, 0.1) is 0 Å². The van der Waals surface area contributed by atoms with Crippen LogP contribution in [0.2, 0.25) is 0 Å². The quantitative estimate of drug-likeness (QED) is 0.623. The molecule has 0 aromatic heterocycles. The van der Waals surface area contributed by atoms with Gasteiger partial charge in [-0.2, -0.15) is 0 Å². The second-order valence-corrected chi connectivity index (χ2v) is 6.41. The first-order valence-electron chi connectivity index (χ1n) is 8.94. The molecule has 2 amide bonds. The zero-order valence-corrected chi connectivity index (χ0v) is 15.0. The molecule has 3 heteroatoms. The maximum absolute atomic E-state index is 12.2. The molecule has 0 heterocycles. The Bertz CT molecular complexity index is 792. The molecule has 0 unspecified atom stereocenters. The zero-order chi connectivity index (χ0) is 18.2. The summed E-state index contributed by atoms with van der Waals surface area (Å²) >= 11 is 0. The molecule has 0 aliphatic rings. The van der Waals surface area contributed by atoms with Crippen molar-refractivity contribution in [1.82, 2.24) is 5.32 Å². The van der Waals surface area contributed by atoms with Gasteiger partial charge in [0, 0.05) is 18.2 Å². The number of rotatable bonds is 6. The average Bonchev–Trinajstić information content (AvgIpc) is 2.67. The molecule has 132 valence electrons. The third-order valence-corrected chi connectivity index (χ3v) is 4.40. The van der Waals surface area contributed by atoms with E-state index >= 15 is 0 Å². The van der Waals surface area contributed by atoms with Gasteiger partial charge in [0.25, 0.3) is 0 Å². The number of nitrogens with one attached hydrogen (secondary N) is 2. The first kappa shape index (κ1) is 17.7. The van der Waals surface area contributed by atoms with E-state index in [4.69, 9.17) is 0 Å². The van der Waals surface area contributed by atoms with Crippen molar-refractivity contribution in [2.75, 3.05) is 11.9 Å². The highest BCUT2D eigenvalue weighted by atomic mass is 16.2. The van der Waals surface area contributed by atoms with Gasteiger partial charge < -0.3 is 10.6 Å². The second kappa shape index (κ2) is 8.86. The van der Waals surface area contributed by atoms with Gasteiger partial charge in [-0.3, -0.25) is 0 Å². The van der Waals surface area contributed by atoms with Crippen molar-refractivity contribution < 1.29 is 4.79 Å². The smallest absolute Gasteiger partial charge is 0.319 e. The van der Waals surface area contributed by atoms with Crippen molar-refractivity contribution in [3.05, 3.63) is 102 Å². The Kier molecular flexibility index (Phi) is 6.05. The van der Waals surface area contributed by atoms with Gasteiger partial charge in [-0.15, -0.1) is 0 Å². The number of benzene rings is 3. The number of hydrogen-bond donors (Lipinski definition) is 2. The summed E-state index contributed by atoms with van der Waals surface area (Å²) < 4.78 is 0. The standard InChI is InChI=1S/C23H24N2O/c1-18-9-8-14-21(17-18)25-23(26)24-16-15-22(19-10-4-2-5-11-19)20-12-6-3-7-13-20/h2-14,17,22H,15-16H2,1H3,(H2,24,25,26). The molecule has 0 saturated carbocycles. The molecule has 0 aliphatic carbocycles. The van der Waals surface area contributed by atoms with Gasteiger partial charge >= 0.3 is 6.03 Å². The molecule has 0 bridgehead atoms. The number of carbonyl (C=O) groups excluding carboxylic acids is 1. The number of amides is 2. The van der Waals surface area contributed by atoms with Crippen LogP contribution in [-0.4, -0.2) is 12.6 Å². The molecular formula is C23H24N2O. The summed E-state index contributed by atoms with van der Waals surface area (Å²) in [6.07, 6.45) is 0.843. The van der Waals surface area contributed by atoms with Gasteiger partial charge in [-0.25, -0.2) is 4.79 Å². The summed E-state index contributed by atoms with van der Waals surface area (Å²) in [5.74, 6) is 0.261. The summed E-state index contributed by atoms with van der Waals surface area (Å²) in [6.45, 7) is 2.61. The van der Waals surface area contributed by atoms with Crippen LogP contribution >= 0.6 is 0 Å². The van der Waals surface area contributed by atoms with Gasteiger partial charge in [-0.05, 0) is 42.2 Å². The molecular weight excluding hydrogens is 320 g/mol. The van der Waals surface area contributed by atoms with Crippen LogP contribution < -0.4 is 10.6 Å². The van der Waals surface area contributed by atoms with Gasteiger partial charge in [0.2, 0.25) is 0 Å². The Balaban J connectivity index is 1.60. The highest BCUT2D eigenvalue weighted by Gasteiger charge is 2.14. The Morgan fingerprint density at radius 2 is 1.46 bits per heavy atom. The van der Waals surface area contributed by atoms with E-state index in [2.05, 4.69) is 59.2 Å². The zero-order valence-electron chi connectivity index (χ0n) is 15.0. The van der Waals surface area contributed by atoms with Crippen LogP contribution in [0.15, 0.2) is 84.9 Å². The average molecular weight is 344 g/mol. The predicted molar refractivity (Wildman–Crippen MR) is 108 cm³/mol. The van der Waals surface area contributed by atoms with Crippen molar-refractivity contribution in [2.24, 2.45) is 0 Å². The largest absolute Gasteiger partial charge is 0.338 e. The summed E-state index contributed by atoms with van der Waals surface area (Å²) in [7, 11) is 0. The Morgan fingerprint density at radius 1 is 0.846 bits per heavy atom. The maximum atomic E-state index is 12.2. The van der Waals surface area contributed by atoms with Crippen molar-refractivity contribution in [1.29, 1.82) is 0 Å². The fourth-order valence-corrected chi connectivity index (χ4v) is 3.12. The Morgan fingerprint density at radius 3 is 2.04 bits per heavy atom. The minimum Gasteiger partial charge on any atom is -0.338 e. The fraction of sp³-hybridized carbons (Fsp3) is 0.174. The fourth-order valence-electron chi connectivity index (χ4n) is 3.12. The SMILES string of the molecule is Cc1cccc(NC(=O)NCCC(c2ccccc2)c2ccccc2)c1. The highest BCUT2D eigenvalue weighted by molar-refractivity contribution is 5.89. The van der Waals surface area contributed by atoms with Crippen molar-refractivity contribution >= 4 is 11.7 Å². The molecule has 0 spiro atoms. The van der Waals surface area contributed by atoms with Crippen LogP contribution in [0.25, 0.3) is 0 Å². The molecule has 0 saturated heterocycles. The van der Waals surface area contributed by atoms with Gasteiger partial charge in [0.15, 0.2) is 0 Å². The van der Waals surface area contributed by atoms with Gasteiger partial charge in [-0.1, -0.05) is 72.8 Å². The molecule has 3 nitrogen and oxygen atoms in total. The second-order valence-electron chi connectivity index (χ2n) is 6.41. The first-order valence-corrected chi connectivity index (χ1v) is 8.94. The van der Waals surface area contributed by atoms with Crippen LogP contribution in [0.3, 0.4) is 0 Å². The van der Waals surface area contributed by atoms with Crippen molar-refractivity contribution in [3.8, 4) is 0 Å². The summed E-state index contributed by atoms with van der Waals surface area (Å²) in [6, 6.07) is 28.5.